The summed E-state index contributed by atoms with van der Waals surface area (Å²) >= 11 is 4.35. The fourth-order valence-electron chi connectivity index (χ4n) is 0.614. The lowest BCUT2D eigenvalue weighted by molar-refractivity contribution is -0.138. The Balaban J connectivity index is 2.64. The van der Waals surface area contributed by atoms with Gasteiger partial charge in [0, 0.05) is 6.42 Å². The van der Waals surface area contributed by atoms with Gasteiger partial charge in [-0.2, -0.15) is 0 Å². The lowest BCUT2D eigenvalue weighted by Crippen LogP contribution is -2.32. The second-order valence-electron chi connectivity index (χ2n) is 2.14. The number of carboxylic acids is 1. The van der Waals surface area contributed by atoms with Crippen molar-refractivity contribution in [3.63, 3.8) is 0 Å². The van der Waals surface area contributed by atoms with Crippen molar-refractivity contribution in [1.29, 1.82) is 0 Å². The van der Waals surface area contributed by atoms with Gasteiger partial charge in [-0.05, 0) is 27.5 Å². The molecule has 66 valence electrons. The molecule has 12 heavy (non-hydrogen) atoms. The van der Waals surface area contributed by atoms with E-state index in [1.54, 1.807) is 0 Å². The Morgan fingerprint density at radius 1 is 1.83 bits per heavy atom. The quantitative estimate of drug-likeness (QED) is 0.805. The highest BCUT2D eigenvalue weighted by molar-refractivity contribution is 9.11. The zero-order chi connectivity index (χ0) is 9.14. The lowest BCUT2D eigenvalue weighted by Gasteiger charge is -2.01. The Morgan fingerprint density at radius 2 is 2.50 bits per heavy atom. The third-order valence-electron chi connectivity index (χ3n) is 1.24. The van der Waals surface area contributed by atoms with E-state index >= 15 is 0 Å². The molecule has 0 radical (unpaired) electrons. The summed E-state index contributed by atoms with van der Waals surface area (Å²) < 4.78 is 4.37. The van der Waals surface area contributed by atoms with E-state index in [1.165, 1.54) is 11.5 Å². The van der Waals surface area contributed by atoms with Crippen LogP contribution in [0, 0.1) is 0 Å². The van der Waals surface area contributed by atoms with Crippen LogP contribution >= 0.6 is 27.5 Å². The SMILES string of the molecule is NC(Cc1nnsc1Br)C(=O)O. The fraction of sp³-hybridized carbons (Fsp3) is 0.400. The number of halogens is 1. The first-order valence-electron chi connectivity index (χ1n) is 3.06. The highest BCUT2D eigenvalue weighted by Crippen LogP contribution is 2.18. The molecule has 1 atom stereocenters. The first kappa shape index (κ1) is 9.56. The normalized spacial score (nSPS) is 12.8. The van der Waals surface area contributed by atoms with E-state index in [0.717, 1.165) is 3.79 Å². The van der Waals surface area contributed by atoms with E-state index in [1.807, 2.05) is 0 Å². The van der Waals surface area contributed by atoms with Gasteiger partial charge in [0.05, 0.1) is 5.69 Å². The Labute approximate surface area is 80.9 Å². The minimum Gasteiger partial charge on any atom is -0.480 e. The second kappa shape index (κ2) is 3.92. The highest BCUT2D eigenvalue weighted by Gasteiger charge is 2.16. The van der Waals surface area contributed by atoms with Crippen LogP contribution < -0.4 is 5.73 Å². The van der Waals surface area contributed by atoms with Gasteiger partial charge >= 0.3 is 5.97 Å². The van der Waals surface area contributed by atoms with Crippen molar-refractivity contribution in [1.82, 2.24) is 9.59 Å². The summed E-state index contributed by atoms with van der Waals surface area (Å²) in [6.07, 6.45) is 0.201. The lowest BCUT2D eigenvalue weighted by atomic mass is 10.2. The molecule has 0 saturated carbocycles. The zero-order valence-electron chi connectivity index (χ0n) is 5.90. The molecule has 7 heteroatoms. The van der Waals surface area contributed by atoms with Gasteiger partial charge in [-0.15, -0.1) is 5.10 Å². The highest BCUT2D eigenvalue weighted by atomic mass is 79.9. The second-order valence-corrected chi connectivity index (χ2v) is 4.21. The molecule has 1 heterocycles. The van der Waals surface area contributed by atoms with Gasteiger partial charge in [0.25, 0.3) is 0 Å². The minimum atomic E-state index is -1.03. The molecule has 1 aromatic heterocycles. The van der Waals surface area contributed by atoms with E-state index in [-0.39, 0.29) is 6.42 Å². The van der Waals surface area contributed by atoms with Crippen molar-refractivity contribution in [2.75, 3.05) is 0 Å². The van der Waals surface area contributed by atoms with Crippen LogP contribution in [0.1, 0.15) is 5.69 Å². The predicted molar refractivity (Wildman–Crippen MR) is 46.9 cm³/mol. The molecule has 1 unspecified atom stereocenters. The maximum atomic E-state index is 10.4. The van der Waals surface area contributed by atoms with E-state index < -0.39 is 12.0 Å². The molecule has 1 aromatic rings. The largest absolute Gasteiger partial charge is 0.480 e. The molecule has 3 N–H and O–H groups in total. The molecule has 0 aromatic carbocycles. The molecule has 5 nitrogen and oxygen atoms in total. The summed E-state index contributed by atoms with van der Waals surface area (Å²) in [5.74, 6) is -1.03. The average molecular weight is 252 g/mol. The molecule has 0 fully saturated rings. The molecule has 0 aliphatic rings. The summed E-state index contributed by atoms with van der Waals surface area (Å²) in [5.41, 5.74) is 5.89. The Morgan fingerprint density at radius 3 is 2.92 bits per heavy atom. The topological polar surface area (TPSA) is 89.1 Å². The number of nitrogens with zero attached hydrogens (tertiary/aromatic N) is 2. The molecule has 0 bridgehead atoms. The van der Waals surface area contributed by atoms with Crippen LogP contribution in [0.15, 0.2) is 3.79 Å². The van der Waals surface area contributed by atoms with Crippen molar-refractivity contribution in [3.8, 4) is 0 Å². The van der Waals surface area contributed by atoms with Crippen molar-refractivity contribution in [2.24, 2.45) is 5.73 Å². The Hall–Kier alpha value is -0.530. The minimum absolute atomic E-state index is 0.201. The molecular weight excluding hydrogens is 246 g/mol. The Bertz CT molecular complexity index is 290. The first-order chi connectivity index (χ1) is 5.61. The van der Waals surface area contributed by atoms with Gasteiger partial charge in [0.2, 0.25) is 0 Å². The van der Waals surface area contributed by atoms with Crippen molar-refractivity contribution < 1.29 is 9.90 Å². The van der Waals surface area contributed by atoms with Crippen LogP contribution in [0.25, 0.3) is 0 Å². The molecule has 0 amide bonds. The van der Waals surface area contributed by atoms with Gasteiger partial charge in [-0.3, -0.25) is 4.79 Å². The molecular formula is C5H6BrN3O2S. The van der Waals surface area contributed by atoms with Crippen LogP contribution in [-0.2, 0) is 11.2 Å². The zero-order valence-corrected chi connectivity index (χ0v) is 8.30. The van der Waals surface area contributed by atoms with E-state index in [2.05, 4.69) is 25.5 Å². The predicted octanol–water partition coefficient (Wildman–Crippen LogP) is 0.255. The van der Waals surface area contributed by atoms with Gasteiger partial charge in [0.15, 0.2) is 0 Å². The third-order valence-corrected chi connectivity index (χ3v) is 2.69. The van der Waals surface area contributed by atoms with Gasteiger partial charge < -0.3 is 10.8 Å². The van der Waals surface area contributed by atoms with E-state index in [0.29, 0.717) is 5.69 Å². The number of aromatic nitrogens is 2. The maximum Gasteiger partial charge on any atom is 0.320 e. The fourth-order valence-corrected chi connectivity index (χ4v) is 1.49. The monoisotopic (exact) mass is 251 g/mol. The van der Waals surface area contributed by atoms with Crippen molar-refractivity contribution in [2.45, 2.75) is 12.5 Å². The number of carboxylic acid groups (broad SMARTS) is 1. The van der Waals surface area contributed by atoms with E-state index in [9.17, 15) is 4.79 Å². The maximum absolute atomic E-state index is 10.4. The molecule has 0 saturated heterocycles. The number of hydrogen-bond donors (Lipinski definition) is 2. The number of rotatable bonds is 3. The van der Waals surface area contributed by atoms with Crippen LogP contribution in [0.3, 0.4) is 0 Å². The van der Waals surface area contributed by atoms with Crippen LogP contribution in [0.2, 0.25) is 0 Å². The van der Waals surface area contributed by atoms with Crippen LogP contribution in [0.4, 0.5) is 0 Å². The molecule has 0 aliphatic carbocycles. The van der Waals surface area contributed by atoms with E-state index in [4.69, 9.17) is 10.8 Å². The number of carbonyl (C=O) groups is 1. The van der Waals surface area contributed by atoms with Crippen LogP contribution in [-0.4, -0.2) is 26.7 Å². The number of aliphatic carboxylic acids is 1. The summed E-state index contributed by atoms with van der Waals surface area (Å²) in [6, 6.07) is -0.912. The number of nitrogens with two attached hydrogens (primary N) is 1. The summed E-state index contributed by atoms with van der Waals surface area (Å²) in [7, 11) is 0. The van der Waals surface area contributed by atoms with Crippen LogP contribution in [0.5, 0.6) is 0 Å². The van der Waals surface area contributed by atoms with Gasteiger partial charge in [0.1, 0.15) is 9.83 Å². The number of hydrogen-bond acceptors (Lipinski definition) is 5. The smallest absolute Gasteiger partial charge is 0.320 e. The van der Waals surface area contributed by atoms with Gasteiger partial charge in [-0.1, -0.05) is 4.49 Å². The Kier molecular flexibility index (Phi) is 3.12. The van der Waals surface area contributed by atoms with Crippen molar-refractivity contribution >= 4 is 33.4 Å². The summed E-state index contributed by atoms with van der Waals surface area (Å²) in [5, 5.41) is 12.2. The van der Waals surface area contributed by atoms with Crippen molar-refractivity contribution in [3.05, 3.63) is 9.48 Å². The average Bonchev–Trinajstić information content (AvgIpc) is 2.36. The molecule has 1 rings (SSSR count). The molecule has 0 spiro atoms. The standard InChI is InChI=1S/C5H6BrN3O2S/c6-4-3(8-9-12-4)1-2(7)5(10)11/h2H,1,7H2,(H,10,11). The summed E-state index contributed by atoms with van der Waals surface area (Å²) in [4.78, 5) is 10.4. The summed E-state index contributed by atoms with van der Waals surface area (Å²) in [6.45, 7) is 0. The first-order valence-corrected chi connectivity index (χ1v) is 4.63. The third kappa shape index (κ3) is 2.23. The molecule has 0 aliphatic heterocycles. The van der Waals surface area contributed by atoms with Gasteiger partial charge in [-0.25, -0.2) is 0 Å².